The molecule has 2 atom stereocenters. The number of hydrogen-bond acceptors (Lipinski definition) is 10. The van der Waals surface area contributed by atoms with E-state index in [0.29, 0.717) is 23.6 Å². The van der Waals surface area contributed by atoms with Crippen molar-refractivity contribution in [3.8, 4) is 17.2 Å². The van der Waals surface area contributed by atoms with Crippen LogP contribution in [0.3, 0.4) is 0 Å². The van der Waals surface area contributed by atoms with Gasteiger partial charge in [-0.25, -0.2) is 12.7 Å². The molecule has 1 saturated heterocycles. The number of hydrogen-bond donors (Lipinski definition) is 0. The van der Waals surface area contributed by atoms with Gasteiger partial charge in [0.2, 0.25) is 5.91 Å². The minimum Gasteiger partial charge on any atom is -0.497 e. The van der Waals surface area contributed by atoms with Gasteiger partial charge in [-0.1, -0.05) is 23.7 Å². The zero-order chi connectivity index (χ0) is 35.8. The summed E-state index contributed by atoms with van der Waals surface area (Å²) in [5, 5.41) is 0.280. The normalized spacial score (nSPS) is 19.1. The first-order valence-corrected chi connectivity index (χ1v) is 17.7. The van der Waals surface area contributed by atoms with Gasteiger partial charge in [0.05, 0.1) is 33.1 Å². The average Bonchev–Trinajstić information content (AvgIpc) is 3.35. The summed E-state index contributed by atoms with van der Waals surface area (Å²) in [5.74, 6) is -0.378. The number of fused-ring (bicyclic) bond motifs is 1. The molecule has 0 N–H and O–H groups in total. The highest BCUT2D eigenvalue weighted by molar-refractivity contribution is 7.93. The van der Waals surface area contributed by atoms with Crippen molar-refractivity contribution >= 4 is 39.1 Å². The second-order valence-electron chi connectivity index (χ2n) is 12.6. The fraction of sp³-hybridized carbons (Fsp3) is 0.429. The Morgan fingerprint density at radius 2 is 1.57 bits per heavy atom. The maximum absolute atomic E-state index is 15.4. The number of nitrogens with zero attached hydrogens (tertiary/aromatic N) is 5. The molecule has 5 rings (SSSR count). The van der Waals surface area contributed by atoms with E-state index in [0.717, 1.165) is 36.0 Å². The first kappa shape index (κ1) is 36.4. The number of methoxy groups -OCH3 is 3. The molecule has 0 radical (unpaired) electrons. The van der Waals surface area contributed by atoms with Crippen molar-refractivity contribution in [1.29, 1.82) is 0 Å². The molecule has 3 aromatic carbocycles. The lowest BCUT2D eigenvalue weighted by molar-refractivity contribution is -0.138. The molecule has 0 aromatic heterocycles. The van der Waals surface area contributed by atoms with Crippen LogP contribution < -0.4 is 18.5 Å². The molecule has 0 spiro atoms. The topological polar surface area (TPSA) is 112 Å². The Bertz CT molecular complexity index is 1850. The molecule has 2 heterocycles. The first-order valence-electron chi connectivity index (χ1n) is 15.9. The van der Waals surface area contributed by atoms with E-state index in [2.05, 4.69) is 16.8 Å². The van der Waals surface area contributed by atoms with Crippen LogP contribution in [-0.2, 0) is 31.7 Å². The number of ether oxygens (including phenoxy) is 3. The van der Waals surface area contributed by atoms with E-state index >= 15 is 4.79 Å². The number of carbonyl (C=O) groups excluding carboxylic acids is 2. The zero-order valence-corrected chi connectivity index (χ0v) is 30.8. The maximum Gasteiger partial charge on any atom is 0.274 e. The van der Waals surface area contributed by atoms with Gasteiger partial charge in [-0.3, -0.25) is 19.4 Å². The van der Waals surface area contributed by atoms with Crippen molar-refractivity contribution < 1.29 is 32.2 Å². The third kappa shape index (κ3) is 6.34. The van der Waals surface area contributed by atoms with Crippen molar-refractivity contribution in [1.82, 2.24) is 19.6 Å². The van der Waals surface area contributed by atoms with Crippen LogP contribution >= 0.6 is 11.6 Å². The van der Waals surface area contributed by atoms with Crippen LogP contribution in [0.25, 0.3) is 0 Å². The highest BCUT2D eigenvalue weighted by atomic mass is 35.5. The maximum atomic E-state index is 15.4. The van der Waals surface area contributed by atoms with Crippen LogP contribution in [-0.4, -0.2) is 122 Å². The van der Waals surface area contributed by atoms with E-state index in [1.807, 2.05) is 12.1 Å². The Kier molecular flexibility index (Phi) is 10.5. The molecule has 0 bridgehead atoms. The summed E-state index contributed by atoms with van der Waals surface area (Å²) in [6.45, 7) is 6.07. The molecule has 1 unspecified atom stereocenters. The molecule has 2 aliphatic rings. The summed E-state index contributed by atoms with van der Waals surface area (Å²) >= 11 is 6.61. The Balaban J connectivity index is 1.76. The molecule has 12 nitrogen and oxygen atoms in total. The number of amides is 2. The summed E-state index contributed by atoms with van der Waals surface area (Å²) < 4.78 is 46.9. The molecule has 0 aliphatic carbocycles. The van der Waals surface area contributed by atoms with Gasteiger partial charge >= 0.3 is 0 Å². The molecular formula is C35H44ClN5O7S. The SMILES string of the molecule is COc1ccc(S(=O)(=O)N2C(=O)[C@](c3ccc(CN4CCN(C)CC4)cc3OC)(N(C)C(C)C(=O)N(C)C)c3cc(Cl)ccc32)c(OC)c1. The Hall–Kier alpha value is -3.88. The number of likely N-dealkylation sites (N-methyl/N-ethyl adjacent to an activating group) is 3. The molecule has 0 saturated carbocycles. The lowest BCUT2D eigenvalue weighted by Gasteiger charge is -2.42. The number of sulfonamides is 1. The van der Waals surface area contributed by atoms with Crippen molar-refractivity contribution in [3.63, 3.8) is 0 Å². The van der Waals surface area contributed by atoms with Gasteiger partial charge in [-0.05, 0) is 63.0 Å². The minimum atomic E-state index is -4.62. The second kappa shape index (κ2) is 14.2. The summed E-state index contributed by atoms with van der Waals surface area (Å²) in [6.07, 6.45) is 0. The van der Waals surface area contributed by atoms with Crippen LogP contribution in [0, 0.1) is 0 Å². The number of benzene rings is 3. The smallest absolute Gasteiger partial charge is 0.274 e. The van der Waals surface area contributed by atoms with E-state index in [1.165, 1.54) is 56.6 Å². The van der Waals surface area contributed by atoms with Crippen molar-refractivity contribution in [2.75, 3.05) is 80.0 Å². The standard InChI is InChI=1S/C35H44ClN5O7S/c1-23(33(42)37(2)3)39(5)35(27-12-9-24(19-30(27)47-7)22-40-17-15-38(4)16-18-40)28-20-25(36)10-13-29(28)41(34(35)43)49(44,45)32-14-11-26(46-6)21-31(32)48-8/h9-14,19-21,23H,15-18,22H2,1-8H3/t23?,35-/m1/s1. The number of piperazine rings is 1. The molecule has 1 fully saturated rings. The van der Waals surface area contributed by atoms with Gasteiger partial charge in [0.15, 0.2) is 5.54 Å². The Morgan fingerprint density at radius 1 is 0.898 bits per heavy atom. The third-order valence-electron chi connectivity index (χ3n) is 9.52. The number of carbonyl (C=O) groups is 2. The predicted octanol–water partition coefficient (Wildman–Crippen LogP) is 3.50. The quantitative estimate of drug-likeness (QED) is 0.293. The second-order valence-corrected chi connectivity index (χ2v) is 14.8. The van der Waals surface area contributed by atoms with Gasteiger partial charge in [-0.15, -0.1) is 0 Å². The predicted molar refractivity (Wildman–Crippen MR) is 188 cm³/mol. The summed E-state index contributed by atoms with van der Waals surface area (Å²) in [7, 11) is 6.67. The Labute approximate surface area is 293 Å². The number of halogens is 1. The molecule has 14 heteroatoms. The van der Waals surface area contributed by atoms with Gasteiger partial charge in [0, 0.05) is 69.0 Å². The molecule has 3 aromatic rings. The van der Waals surface area contributed by atoms with Gasteiger partial charge in [0.25, 0.3) is 15.9 Å². The largest absolute Gasteiger partial charge is 0.497 e. The highest BCUT2D eigenvalue weighted by Crippen LogP contribution is 2.54. The van der Waals surface area contributed by atoms with E-state index in [9.17, 15) is 13.2 Å². The number of anilines is 1. The van der Waals surface area contributed by atoms with Crippen molar-refractivity contribution in [2.45, 2.75) is 29.9 Å². The molecule has 49 heavy (non-hydrogen) atoms. The first-order chi connectivity index (χ1) is 23.2. The van der Waals surface area contributed by atoms with E-state index in [4.69, 9.17) is 25.8 Å². The van der Waals surface area contributed by atoms with Crippen molar-refractivity contribution in [2.24, 2.45) is 0 Å². The molecule has 2 aliphatic heterocycles. The van der Waals surface area contributed by atoms with E-state index in [-0.39, 0.29) is 32.8 Å². The fourth-order valence-corrected chi connectivity index (χ4v) is 8.46. The van der Waals surface area contributed by atoms with E-state index < -0.39 is 27.5 Å². The van der Waals surface area contributed by atoms with Crippen LogP contribution in [0.2, 0.25) is 5.02 Å². The monoisotopic (exact) mass is 713 g/mol. The van der Waals surface area contributed by atoms with Crippen LogP contribution in [0.5, 0.6) is 17.2 Å². The summed E-state index contributed by atoms with van der Waals surface area (Å²) in [6, 6.07) is 13.6. The molecular weight excluding hydrogens is 670 g/mol. The third-order valence-corrected chi connectivity index (χ3v) is 11.5. The highest BCUT2D eigenvalue weighted by Gasteiger charge is 2.61. The fourth-order valence-electron chi connectivity index (χ4n) is 6.69. The zero-order valence-electron chi connectivity index (χ0n) is 29.2. The summed E-state index contributed by atoms with van der Waals surface area (Å²) in [5.41, 5.74) is -0.162. The van der Waals surface area contributed by atoms with Crippen LogP contribution in [0.4, 0.5) is 5.69 Å². The van der Waals surface area contributed by atoms with Crippen LogP contribution in [0.15, 0.2) is 59.5 Å². The molecule has 2 amide bonds. The average molecular weight is 714 g/mol. The Morgan fingerprint density at radius 3 is 2.18 bits per heavy atom. The lowest BCUT2D eigenvalue weighted by Crippen LogP contribution is -2.59. The van der Waals surface area contributed by atoms with Gasteiger partial charge in [0.1, 0.15) is 22.1 Å². The van der Waals surface area contributed by atoms with Gasteiger partial charge < -0.3 is 24.0 Å². The van der Waals surface area contributed by atoms with Crippen molar-refractivity contribution in [3.05, 3.63) is 76.3 Å². The van der Waals surface area contributed by atoms with Gasteiger partial charge in [-0.2, -0.15) is 0 Å². The number of rotatable bonds is 11. The molecule has 264 valence electrons. The minimum absolute atomic E-state index is 0.00416. The lowest BCUT2D eigenvalue weighted by atomic mass is 9.80. The van der Waals surface area contributed by atoms with Crippen LogP contribution in [0.1, 0.15) is 23.6 Å². The summed E-state index contributed by atoms with van der Waals surface area (Å²) in [4.78, 5) is 36.3. The van der Waals surface area contributed by atoms with E-state index in [1.54, 1.807) is 45.1 Å².